The summed E-state index contributed by atoms with van der Waals surface area (Å²) < 4.78 is 5.73. The van der Waals surface area contributed by atoms with Gasteiger partial charge in [-0.2, -0.15) is 0 Å². The van der Waals surface area contributed by atoms with Crippen LogP contribution < -0.4 is 5.32 Å². The average molecular weight is 469 g/mol. The van der Waals surface area contributed by atoms with Gasteiger partial charge >= 0.3 is 0 Å². The highest BCUT2D eigenvalue weighted by Gasteiger charge is 2.21. The maximum absolute atomic E-state index is 12.6. The van der Waals surface area contributed by atoms with E-state index in [0.717, 1.165) is 12.2 Å². The molecule has 35 heavy (non-hydrogen) atoms. The maximum atomic E-state index is 12.6. The lowest BCUT2D eigenvalue weighted by Gasteiger charge is -2.29. The van der Waals surface area contributed by atoms with Crippen molar-refractivity contribution < 1.29 is 9.21 Å². The van der Waals surface area contributed by atoms with E-state index in [2.05, 4.69) is 83.4 Å². The van der Waals surface area contributed by atoms with Gasteiger partial charge in [-0.3, -0.25) is 14.7 Å². The number of carbonyl (C=O) groups excluding carboxylic acids is 1. The predicted octanol–water partition coefficient (Wildman–Crippen LogP) is 5.42. The average Bonchev–Trinajstić information content (AvgIpc) is 3.34. The first kappa shape index (κ1) is 24.4. The number of aryl methyl sites for hydroxylation is 2. The van der Waals surface area contributed by atoms with Crippen molar-refractivity contribution in [3.8, 4) is 0 Å². The molecule has 2 heterocycles. The molecule has 1 amide bonds. The van der Waals surface area contributed by atoms with Gasteiger partial charge in [0.15, 0.2) is 5.69 Å². The van der Waals surface area contributed by atoms with Crippen molar-refractivity contribution in [2.75, 3.05) is 6.54 Å². The number of hydrogen-bond acceptors (Lipinski definition) is 5. The Bertz CT molecular complexity index is 1240. The predicted molar refractivity (Wildman–Crippen MR) is 137 cm³/mol. The first-order valence-electron chi connectivity index (χ1n) is 12.0. The van der Waals surface area contributed by atoms with Gasteiger partial charge in [0.1, 0.15) is 6.26 Å². The van der Waals surface area contributed by atoms with Crippen LogP contribution in [0, 0.1) is 13.8 Å². The first-order valence-corrected chi connectivity index (χ1v) is 12.0. The van der Waals surface area contributed by atoms with Crippen molar-refractivity contribution in [1.82, 2.24) is 20.2 Å². The standard InChI is InChI=1S/C29H32N4O2/c1-21-12-13-25(22(2)17-21)18-33(23(3)24-9-5-4-6-10-24)19-28-32-27(20-35-28)29(34)31-16-14-26-11-7-8-15-30-26/h4-13,15,17,20,23H,14,16,18-19H2,1-3H3,(H,31,34)/t23-/m0/s1. The molecular weight excluding hydrogens is 436 g/mol. The molecule has 4 rings (SSSR count). The third kappa shape index (κ3) is 6.64. The van der Waals surface area contributed by atoms with Crippen molar-refractivity contribution in [3.63, 3.8) is 0 Å². The zero-order valence-electron chi connectivity index (χ0n) is 20.6. The first-order chi connectivity index (χ1) is 17.0. The van der Waals surface area contributed by atoms with Gasteiger partial charge in [-0.1, -0.05) is 60.2 Å². The van der Waals surface area contributed by atoms with Crippen LogP contribution in [0.4, 0.5) is 0 Å². The van der Waals surface area contributed by atoms with Gasteiger partial charge < -0.3 is 9.73 Å². The molecule has 0 saturated carbocycles. The van der Waals surface area contributed by atoms with Crippen LogP contribution in [0.5, 0.6) is 0 Å². The molecule has 4 aromatic rings. The number of benzene rings is 2. The quantitative estimate of drug-likeness (QED) is 0.336. The minimum Gasteiger partial charge on any atom is -0.447 e. The van der Waals surface area contributed by atoms with Crippen molar-refractivity contribution in [2.45, 2.75) is 46.3 Å². The molecule has 6 heteroatoms. The third-order valence-electron chi connectivity index (χ3n) is 6.22. The van der Waals surface area contributed by atoms with Crippen LogP contribution in [0.2, 0.25) is 0 Å². The summed E-state index contributed by atoms with van der Waals surface area (Å²) in [6, 6.07) is 22.8. The molecule has 6 nitrogen and oxygen atoms in total. The molecule has 0 unspecified atom stereocenters. The maximum Gasteiger partial charge on any atom is 0.273 e. The molecule has 0 aliphatic heterocycles. The fourth-order valence-corrected chi connectivity index (χ4v) is 4.12. The van der Waals surface area contributed by atoms with Gasteiger partial charge in [0.05, 0.1) is 6.54 Å². The lowest BCUT2D eigenvalue weighted by atomic mass is 10.0. The smallest absolute Gasteiger partial charge is 0.273 e. The molecule has 0 bridgehead atoms. The van der Waals surface area contributed by atoms with Crippen molar-refractivity contribution >= 4 is 5.91 Å². The summed E-state index contributed by atoms with van der Waals surface area (Å²) >= 11 is 0. The molecule has 0 radical (unpaired) electrons. The Balaban J connectivity index is 1.45. The summed E-state index contributed by atoms with van der Waals surface area (Å²) in [5.74, 6) is 0.278. The van der Waals surface area contributed by atoms with E-state index in [-0.39, 0.29) is 11.9 Å². The van der Waals surface area contributed by atoms with Crippen LogP contribution in [0.1, 0.15) is 57.3 Å². The fraction of sp³-hybridized carbons (Fsp3) is 0.276. The van der Waals surface area contributed by atoms with Crippen LogP contribution in [0.25, 0.3) is 0 Å². The van der Waals surface area contributed by atoms with Crippen LogP contribution >= 0.6 is 0 Å². The second kappa shape index (κ2) is 11.6. The van der Waals surface area contributed by atoms with E-state index < -0.39 is 0 Å². The molecule has 1 atom stereocenters. The van der Waals surface area contributed by atoms with Gasteiger partial charge in [-0.25, -0.2) is 4.98 Å². The highest BCUT2D eigenvalue weighted by atomic mass is 16.3. The number of rotatable bonds is 10. The van der Waals surface area contributed by atoms with Crippen molar-refractivity contribution in [3.05, 3.63) is 119 Å². The number of amides is 1. The third-order valence-corrected chi connectivity index (χ3v) is 6.22. The van der Waals surface area contributed by atoms with E-state index >= 15 is 0 Å². The van der Waals surface area contributed by atoms with Crippen molar-refractivity contribution in [2.24, 2.45) is 0 Å². The molecule has 2 aromatic heterocycles. The van der Waals surface area contributed by atoms with E-state index in [0.29, 0.717) is 31.1 Å². The lowest BCUT2D eigenvalue weighted by Crippen LogP contribution is -2.28. The zero-order chi connectivity index (χ0) is 24.6. The minimum absolute atomic E-state index is 0.138. The number of nitrogens with one attached hydrogen (secondary N) is 1. The van der Waals surface area contributed by atoms with Gasteiger partial charge in [0, 0.05) is 37.4 Å². The molecule has 180 valence electrons. The molecule has 0 aliphatic carbocycles. The van der Waals surface area contributed by atoms with Crippen LogP contribution in [0.15, 0.2) is 83.6 Å². The lowest BCUT2D eigenvalue weighted by molar-refractivity contribution is 0.0949. The second-order valence-corrected chi connectivity index (χ2v) is 8.88. The van der Waals surface area contributed by atoms with Crippen LogP contribution in [-0.2, 0) is 19.5 Å². The normalized spacial score (nSPS) is 12.0. The summed E-state index contributed by atoms with van der Waals surface area (Å²) in [6.07, 6.45) is 3.85. The molecular formula is C29H32N4O2. The number of nitrogens with zero attached hydrogens (tertiary/aromatic N) is 3. The van der Waals surface area contributed by atoms with Crippen LogP contribution in [-0.4, -0.2) is 27.3 Å². The Morgan fingerprint density at radius 3 is 2.57 bits per heavy atom. The Morgan fingerprint density at radius 1 is 1.03 bits per heavy atom. The number of oxazole rings is 1. The number of aromatic nitrogens is 2. The van der Waals surface area contributed by atoms with E-state index in [1.165, 1.54) is 28.5 Å². The molecule has 1 N–H and O–H groups in total. The second-order valence-electron chi connectivity index (χ2n) is 8.88. The Kier molecular flexibility index (Phi) is 8.06. The Labute approximate surface area is 207 Å². The largest absolute Gasteiger partial charge is 0.447 e. The van der Waals surface area contributed by atoms with Crippen LogP contribution in [0.3, 0.4) is 0 Å². The fourth-order valence-electron chi connectivity index (χ4n) is 4.12. The summed E-state index contributed by atoms with van der Waals surface area (Å²) in [5.41, 5.74) is 6.22. The SMILES string of the molecule is Cc1ccc(CN(Cc2nc(C(=O)NCCc3ccccn3)co2)[C@@H](C)c2ccccc2)c(C)c1. The number of pyridine rings is 1. The van der Waals surface area contributed by atoms with E-state index in [9.17, 15) is 4.79 Å². The van der Waals surface area contributed by atoms with Gasteiger partial charge in [0.25, 0.3) is 5.91 Å². The molecule has 0 saturated heterocycles. The Hall–Kier alpha value is -3.77. The van der Waals surface area contributed by atoms with E-state index in [1.807, 2.05) is 24.3 Å². The van der Waals surface area contributed by atoms with E-state index in [4.69, 9.17) is 4.42 Å². The summed E-state index contributed by atoms with van der Waals surface area (Å²) in [4.78, 5) is 23.7. The van der Waals surface area contributed by atoms with Crippen molar-refractivity contribution in [1.29, 1.82) is 0 Å². The molecule has 0 fully saturated rings. The van der Waals surface area contributed by atoms with Gasteiger partial charge in [-0.15, -0.1) is 0 Å². The zero-order valence-corrected chi connectivity index (χ0v) is 20.6. The van der Waals surface area contributed by atoms with E-state index in [1.54, 1.807) is 6.20 Å². The monoisotopic (exact) mass is 468 g/mol. The number of carbonyl (C=O) groups is 1. The summed E-state index contributed by atoms with van der Waals surface area (Å²) in [6.45, 7) is 8.17. The highest BCUT2D eigenvalue weighted by Crippen LogP contribution is 2.25. The number of hydrogen-bond donors (Lipinski definition) is 1. The van der Waals surface area contributed by atoms with Gasteiger partial charge in [0.2, 0.25) is 5.89 Å². The molecule has 2 aromatic carbocycles. The molecule has 0 aliphatic rings. The van der Waals surface area contributed by atoms with Gasteiger partial charge in [-0.05, 0) is 49.6 Å². The summed E-state index contributed by atoms with van der Waals surface area (Å²) in [7, 11) is 0. The Morgan fingerprint density at radius 2 is 1.83 bits per heavy atom. The molecule has 0 spiro atoms. The minimum atomic E-state index is -0.243. The topological polar surface area (TPSA) is 71.3 Å². The highest BCUT2D eigenvalue weighted by molar-refractivity contribution is 5.91. The summed E-state index contributed by atoms with van der Waals surface area (Å²) in [5, 5.41) is 2.90.